The summed E-state index contributed by atoms with van der Waals surface area (Å²) in [5.41, 5.74) is 2.11. The van der Waals surface area contributed by atoms with E-state index in [9.17, 15) is 14.9 Å². The number of hydrogen-bond donors (Lipinski definition) is 3. The zero-order chi connectivity index (χ0) is 18.1. The van der Waals surface area contributed by atoms with Gasteiger partial charge in [0.25, 0.3) is 5.69 Å². The number of hydrogen-bond acceptors (Lipinski definition) is 6. The number of carbonyl (C=O) groups is 1. The third kappa shape index (κ3) is 5.84. The molecule has 0 aliphatic carbocycles. The number of anilines is 2. The fraction of sp³-hybridized carbons (Fsp3) is 0.176. The number of nitrogens with one attached hydrogen (secondary N) is 3. The van der Waals surface area contributed by atoms with Gasteiger partial charge in [-0.05, 0) is 36.4 Å². The Balaban J connectivity index is 1.64. The second-order valence-electron chi connectivity index (χ2n) is 5.12. The molecule has 0 fully saturated rings. The summed E-state index contributed by atoms with van der Waals surface area (Å²) in [6.07, 6.45) is 0. The minimum atomic E-state index is -0.454. The van der Waals surface area contributed by atoms with Crippen molar-refractivity contribution >= 4 is 23.0 Å². The average molecular weight is 339 g/mol. The molecule has 2 aromatic carbocycles. The van der Waals surface area contributed by atoms with Crippen molar-refractivity contribution in [2.75, 3.05) is 30.3 Å². The van der Waals surface area contributed by atoms with Crippen LogP contribution < -0.4 is 16.0 Å². The molecule has 0 radical (unpaired) electrons. The molecule has 0 heterocycles. The molecule has 2 aromatic rings. The Morgan fingerprint density at radius 2 is 1.60 bits per heavy atom. The number of benzene rings is 2. The van der Waals surface area contributed by atoms with E-state index in [2.05, 4.69) is 16.0 Å². The Morgan fingerprint density at radius 3 is 2.20 bits per heavy atom. The van der Waals surface area contributed by atoms with Crippen LogP contribution in [0, 0.1) is 21.4 Å². The van der Waals surface area contributed by atoms with E-state index in [-0.39, 0.29) is 18.1 Å². The number of rotatable bonds is 8. The lowest BCUT2D eigenvalue weighted by Gasteiger charge is -2.09. The van der Waals surface area contributed by atoms with Gasteiger partial charge in [0.2, 0.25) is 5.91 Å². The van der Waals surface area contributed by atoms with E-state index in [0.717, 1.165) is 11.4 Å². The first-order valence-electron chi connectivity index (χ1n) is 7.57. The van der Waals surface area contributed by atoms with E-state index in [1.54, 1.807) is 36.4 Å². The van der Waals surface area contributed by atoms with Crippen LogP contribution in [0.5, 0.6) is 0 Å². The van der Waals surface area contributed by atoms with Crippen molar-refractivity contribution in [1.29, 1.82) is 5.26 Å². The lowest BCUT2D eigenvalue weighted by molar-refractivity contribution is -0.384. The van der Waals surface area contributed by atoms with Crippen LogP contribution in [0.3, 0.4) is 0 Å². The molecule has 0 aliphatic rings. The maximum Gasteiger partial charge on any atom is 0.269 e. The average Bonchev–Trinajstić information content (AvgIpc) is 2.64. The molecule has 0 spiro atoms. The molecule has 3 N–H and O–H groups in total. The van der Waals surface area contributed by atoms with Gasteiger partial charge in [-0.2, -0.15) is 5.26 Å². The normalized spacial score (nSPS) is 9.72. The molecule has 8 heteroatoms. The highest BCUT2D eigenvalue weighted by molar-refractivity contribution is 5.80. The molecule has 0 unspecified atom stereocenters. The summed E-state index contributed by atoms with van der Waals surface area (Å²) in [7, 11) is 0. The van der Waals surface area contributed by atoms with E-state index in [1.807, 2.05) is 6.07 Å². The predicted octanol–water partition coefficient (Wildman–Crippen LogP) is 2.11. The van der Waals surface area contributed by atoms with Crippen LogP contribution in [0.4, 0.5) is 17.1 Å². The quantitative estimate of drug-likeness (QED) is 0.385. The largest absolute Gasteiger partial charge is 0.383 e. The highest BCUT2D eigenvalue weighted by atomic mass is 16.6. The zero-order valence-corrected chi connectivity index (χ0v) is 13.4. The monoisotopic (exact) mass is 339 g/mol. The first-order chi connectivity index (χ1) is 12.1. The van der Waals surface area contributed by atoms with Crippen molar-refractivity contribution in [3.8, 4) is 6.07 Å². The van der Waals surface area contributed by atoms with Crippen molar-refractivity contribution in [2.24, 2.45) is 0 Å². The molecule has 25 heavy (non-hydrogen) atoms. The third-order valence-electron chi connectivity index (χ3n) is 3.32. The van der Waals surface area contributed by atoms with Crippen molar-refractivity contribution < 1.29 is 9.72 Å². The second kappa shape index (κ2) is 8.88. The van der Waals surface area contributed by atoms with Crippen LogP contribution in [0.2, 0.25) is 0 Å². The minimum absolute atomic E-state index is 0.0349. The van der Waals surface area contributed by atoms with Gasteiger partial charge < -0.3 is 16.0 Å². The second-order valence-corrected chi connectivity index (χ2v) is 5.12. The standard InChI is InChI=1S/C17H17N5O3/c18-11-13-1-3-15(4-2-13)21-12-17(23)20-10-9-19-14-5-7-16(8-6-14)22(24)25/h1-8,19,21H,9-10,12H2,(H,20,23). The first-order valence-corrected chi connectivity index (χ1v) is 7.57. The number of nitriles is 1. The van der Waals surface area contributed by atoms with Gasteiger partial charge in [-0.25, -0.2) is 0 Å². The van der Waals surface area contributed by atoms with Gasteiger partial charge in [-0.1, -0.05) is 0 Å². The number of amides is 1. The molecule has 0 aromatic heterocycles. The van der Waals surface area contributed by atoms with Crippen LogP contribution in [0.1, 0.15) is 5.56 Å². The van der Waals surface area contributed by atoms with Crippen molar-refractivity contribution in [2.45, 2.75) is 0 Å². The Bertz CT molecular complexity index is 766. The zero-order valence-electron chi connectivity index (χ0n) is 13.4. The summed E-state index contributed by atoms with van der Waals surface area (Å²) in [6.45, 7) is 1.05. The highest BCUT2D eigenvalue weighted by Gasteiger charge is 2.04. The van der Waals surface area contributed by atoms with Crippen molar-refractivity contribution in [1.82, 2.24) is 5.32 Å². The van der Waals surface area contributed by atoms with Crippen molar-refractivity contribution in [3.63, 3.8) is 0 Å². The fourth-order valence-electron chi connectivity index (χ4n) is 2.02. The Kier molecular flexibility index (Phi) is 6.31. The Hall–Kier alpha value is -3.60. The van der Waals surface area contributed by atoms with Gasteiger partial charge in [0.1, 0.15) is 0 Å². The molecule has 0 aliphatic heterocycles. The Labute approximate surface area is 144 Å². The molecule has 2 rings (SSSR count). The molecule has 1 amide bonds. The predicted molar refractivity (Wildman–Crippen MR) is 94.2 cm³/mol. The molecule has 0 atom stereocenters. The van der Waals surface area contributed by atoms with Crippen LogP contribution in [0.15, 0.2) is 48.5 Å². The third-order valence-corrected chi connectivity index (χ3v) is 3.32. The van der Waals surface area contributed by atoms with Crippen LogP contribution >= 0.6 is 0 Å². The van der Waals surface area contributed by atoms with E-state index >= 15 is 0 Å². The topological polar surface area (TPSA) is 120 Å². The summed E-state index contributed by atoms with van der Waals surface area (Å²) in [6, 6.07) is 14.9. The van der Waals surface area contributed by atoms with E-state index < -0.39 is 4.92 Å². The van der Waals surface area contributed by atoms with Gasteiger partial charge in [0.15, 0.2) is 0 Å². The van der Waals surface area contributed by atoms with Gasteiger partial charge in [0.05, 0.1) is 23.1 Å². The van der Waals surface area contributed by atoms with Gasteiger partial charge in [-0.3, -0.25) is 14.9 Å². The fourth-order valence-corrected chi connectivity index (χ4v) is 2.02. The number of carbonyl (C=O) groups excluding carboxylic acids is 1. The summed E-state index contributed by atoms with van der Waals surface area (Å²) < 4.78 is 0. The lowest BCUT2D eigenvalue weighted by Crippen LogP contribution is -2.33. The smallest absolute Gasteiger partial charge is 0.269 e. The summed E-state index contributed by atoms with van der Waals surface area (Å²) in [5, 5.41) is 28.1. The SMILES string of the molecule is N#Cc1ccc(NCC(=O)NCCNc2ccc([N+](=O)[O-])cc2)cc1. The Morgan fingerprint density at radius 1 is 1.00 bits per heavy atom. The maximum absolute atomic E-state index is 11.7. The first kappa shape index (κ1) is 17.7. The molecule has 8 nitrogen and oxygen atoms in total. The van der Waals surface area contributed by atoms with Gasteiger partial charge in [0, 0.05) is 36.6 Å². The minimum Gasteiger partial charge on any atom is -0.383 e. The van der Waals surface area contributed by atoms with Gasteiger partial charge >= 0.3 is 0 Å². The maximum atomic E-state index is 11.7. The van der Waals surface area contributed by atoms with Crippen LogP contribution in [-0.4, -0.2) is 30.5 Å². The van der Waals surface area contributed by atoms with E-state index in [1.165, 1.54) is 12.1 Å². The van der Waals surface area contributed by atoms with Crippen LogP contribution in [0.25, 0.3) is 0 Å². The molecular formula is C17H17N5O3. The summed E-state index contributed by atoms with van der Waals surface area (Å²) in [4.78, 5) is 21.8. The van der Waals surface area contributed by atoms with Gasteiger partial charge in [-0.15, -0.1) is 0 Å². The number of nitro benzene ring substituents is 1. The number of nitro groups is 1. The molecule has 0 saturated carbocycles. The van der Waals surface area contributed by atoms with Crippen LogP contribution in [-0.2, 0) is 4.79 Å². The van der Waals surface area contributed by atoms with Crippen molar-refractivity contribution in [3.05, 3.63) is 64.2 Å². The molecular weight excluding hydrogens is 322 g/mol. The highest BCUT2D eigenvalue weighted by Crippen LogP contribution is 2.14. The molecule has 0 bridgehead atoms. The van der Waals surface area contributed by atoms with E-state index in [4.69, 9.17) is 5.26 Å². The molecule has 128 valence electrons. The number of non-ortho nitro benzene ring substituents is 1. The summed E-state index contributed by atoms with van der Waals surface area (Å²) >= 11 is 0. The lowest BCUT2D eigenvalue weighted by atomic mass is 10.2. The summed E-state index contributed by atoms with van der Waals surface area (Å²) in [5.74, 6) is -0.158. The molecule has 0 saturated heterocycles. The number of nitrogens with zero attached hydrogens (tertiary/aromatic N) is 2. The van der Waals surface area contributed by atoms with E-state index in [0.29, 0.717) is 18.7 Å².